The van der Waals surface area contributed by atoms with Gasteiger partial charge < -0.3 is 40.1 Å². The fourth-order valence-electron chi connectivity index (χ4n) is 5.41. The number of ether oxygens (including phenoxy) is 2. The van der Waals surface area contributed by atoms with Crippen LogP contribution in [0.15, 0.2) is 60.9 Å². The topological polar surface area (TPSA) is 201 Å². The molecule has 17 heteroatoms. The molecular weight excluding hydrogens is 643 g/mol. The minimum atomic E-state index is -1.21. The fraction of sp³-hybridized carbons (Fsp3) is 0.448. The van der Waals surface area contributed by atoms with E-state index in [9.17, 15) is 35.0 Å². The third-order valence-electron chi connectivity index (χ3n) is 7.94. The summed E-state index contributed by atoms with van der Waals surface area (Å²) >= 11 is 8.25. The average molecular weight is 679 g/mol. The van der Waals surface area contributed by atoms with Gasteiger partial charge in [0.25, 0.3) is 0 Å². The summed E-state index contributed by atoms with van der Waals surface area (Å²) in [6.45, 7) is 1.16. The van der Waals surface area contributed by atoms with Crippen LogP contribution >= 0.6 is 25.3 Å². The average Bonchev–Trinajstić information content (AvgIpc) is 3.73. The summed E-state index contributed by atoms with van der Waals surface area (Å²) in [5, 5.41) is 75.6. The Labute approximate surface area is 273 Å². The van der Waals surface area contributed by atoms with Gasteiger partial charge >= 0.3 is 0 Å². The van der Waals surface area contributed by atoms with E-state index < -0.39 is 72.0 Å². The Kier molecular flexibility index (Phi) is 11.1. The third kappa shape index (κ3) is 6.98. The van der Waals surface area contributed by atoms with Crippen molar-refractivity contribution < 1.29 is 44.5 Å². The number of benzene rings is 2. The number of aryl methyl sites for hydroxylation is 1. The molecule has 6 rings (SSSR count). The first kappa shape index (κ1) is 34.4. The van der Waals surface area contributed by atoms with Crippen LogP contribution in [0.25, 0.3) is 22.5 Å². The molecule has 4 heterocycles. The third-order valence-corrected chi connectivity index (χ3v) is 8.79. The molecule has 4 unspecified atom stereocenters. The van der Waals surface area contributed by atoms with Gasteiger partial charge in [-0.05, 0) is 24.6 Å². The van der Waals surface area contributed by atoms with Crippen molar-refractivity contribution in [2.75, 3.05) is 13.2 Å². The number of hydrogen-bond donors (Lipinski definition) is 8. The quantitative estimate of drug-likeness (QED) is 0.129. The predicted molar refractivity (Wildman–Crippen MR) is 167 cm³/mol. The van der Waals surface area contributed by atoms with Crippen molar-refractivity contribution >= 4 is 25.3 Å². The van der Waals surface area contributed by atoms with Crippen LogP contribution in [0.5, 0.6) is 0 Å². The smallest absolute Gasteiger partial charge is 0.132 e. The van der Waals surface area contributed by atoms with Gasteiger partial charge in [0.15, 0.2) is 0 Å². The molecule has 14 nitrogen and oxygen atoms in total. The number of rotatable bonds is 6. The minimum absolute atomic E-state index is 0.260. The second-order valence-electron chi connectivity index (χ2n) is 10.9. The molecule has 2 fully saturated rings. The zero-order valence-corrected chi connectivity index (χ0v) is 26.2. The molecule has 2 aromatic carbocycles. The molecule has 248 valence electrons. The summed E-state index contributed by atoms with van der Waals surface area (Å²) in [7, 11) is 0. The monoisotopic (exact) mass is 678 g/mol. The van der Waals surface area contributed by atoms with Gasteiger partial charge in [-0.1, -0.05) is 46.8 Å². The van der Waals surface area contributed by atoms with Gasteiger partial charge in [-0.2, -0.15) is 0 Å². The maximum atomic E-state index is 13.8. The van der Waals surface area contributed by atoms with Crippen molar-refractivity contribution in [3.63, 3.8) is 0 Å². The van der Waals surface area contributed by atoms with Crippen LogP contribution < -0.4 is 0 Å². The van der Waals surface area contributed by atoms with Gasteiger partial charge in [-0.15, -0.1) is 35.5 Å². The van der Waals surface area contributed by atoms with E-state index in [2.05, 4.69) is 45.9 Å². The Bertz CT molecular complexity index is 1480. The highest BCUT2D eigenvalue weighted by Gasteiger charge is 2.46. The molecule has 10 atom stereocenters. The van der Waals surface area contributed by atoms with E-state index in [1.807, 2.05) is 31.2 Å². The van der Waals surface area contributed by atoms with E-state index in [1.54, 1.807) is 24.4 Å². The molecular formula is C29H35FN6O8S2. The number of nitrogens with zero attached hydrogens (tertiary/aromatic N) is 6. The molecule has 0 spiro atoms. The number of thiol groups is 2. The Hall–Kier alpha value is -2.97. The molecule has 0 saturated carbocycles. The molecule has 0 bridgehead atoms. The number of aliphatic hydroxyl groups excluding tert-OH is 6. The molecule has 0 radical (unpaired) electrons. The van der Waals surface area contributed by atoms with Gasteiger partial charge in [0.1, 0.15) is 76.8 Å². The van der Waals surface area contributed by atoms with Crippen molar-refractivity contribution in [3.8, 4) is 22.5 Å². The Balaban J connectivity index is 0.000000181. The zero-order valence-electron chi connectivity index (χ0n) is 24.4. The van der Waals surface area contributed by atoms with E-state index in [1.165, 1.54) is 21.6 Å². The normalized spacial score (nSPS) is 31.3. The van der Waals surface area contributed by atoms with Gasteiger partial charge in [0, 0.05) is 11.1 Å². The highest BCUT2D eigenvalue weighted by Crippen LogP contribution is 2.33. The highest BCUT2D eigenvalue weighted by molar-refractivity contribution is 7.81. The summed E-state index contributed by atoms with van der Waals surface area (Å²) in [5.41, 5.74) is 1.42. The lowest BCUT2D eigenvalue weighted by Gasteiger charge is -2.40. The first-order valence-corrected chi connectivity index (χ1v) is 15.3. The predicted octanol–water partition coefficient (Wildman–Crippen LogP) is 0.158. The van der Waals surface area contributed by atoms with Crippen molar-refractivity contribution in [3.05, 3.63) is 72.3 Å². The van der Waals surface area contributed by atoms with Crippen LogP contribution in [0, 0.1) is 12.7 Å². The molecule has 46 heavy (non-hydrogen) atoms. The van der Waals surface area contributed by atoms with E-state index in [0.717, 1.165) is 11.1 Å². The van der Waals surface area contributed by atoms with Crippen molar-refractivity contribution in [2.45, 2.75) is 66.5 Å². The van der Waals surface area contributed by atoms with Crippen LogP contribution in [0.1, 0.15) is 17.6 Å². The lowest BCUT2D eigenvalue weighted by molar-refractivity contribution is -0.178. The van der Waals surface area contributed by atoms with Crippen LogP contribution in [-0.2, 0) is 9.47 Å². The largest absolute Gasteiger partial charge is 0.394 e. The Morgan fingerprint density at radius 3 is 1.59 bits per heavy atom. The number of aliphatic hydroxyl groups is 6. The van der Waals surface area contributed by atoms with Crippen LogP contribution in [-0.4, -0.2) is 121 Å². The maximum absolute atomic E-state index is 13.8. The van der Waals surface area contributed by atoms with Crippen LogP contribution in [0.3, 0.4) is 0 Å². The van der Waals surface area contributed by atoms with Gasteiger partial charge in [0.05, 0.1) is 25.6 Å². The second-order valence-corrected chi connectivity index (χ2v) is 11.9. The van der Waals surface area contributed by atoms with E-state index in [0.29, 0.717) is 5.69 Å². The summed E-state index contributed by atoms with van der Waals surface area (Å²) in [6.07, 6.45) is -3.24. The molecule has 6 N–H and O–H groups in total. The minimum Gasteiger partial charge on any atom is -0.394 e. The first-order chi connectivity index (χ1) is 22.0. The van der Waals surface area contributed by atoms with Gasteiger partial charge in [-0.25, -0.2) is 13.8 Å². The molecule has 2 saturated heterocycles. The Morgan fingerprint density at radius 2 is 1.13 bits per heavy atom. The number of halogens is 1. The van der Waals surface area contributed by atoms with E-state index >= 15 is 0 Å². The second kappa shape index (κ2) is 14.8. The molecule has 0 aliphatic carbocycles. The summed E-state index contributed by atoms with van der Waals surface area (Å²) < 4.78 is 27.0. The lowest BCUT2D eigenvalue weighted by Crippen LogP contribution is -2.54. The standard InChI is InChI=1S/C15H19N3O4S.C14H16FN3O4S/c1-8-4-2-3-5-9(8)10-6-18(17-16-10)12-13(20)11(7-19)22-15(23)14(12)21;15-8-4-2-1-3-7(8)9-5-18(17-16-9)11-12(20)10(6-19)22-14(23)13(11)21/h2-6,11-15,19-21,23H,7H2,1H3;1-5,10-14,19-21,23H,6H2/t11?,12-,13-,14?,15-;10?,11-,12-,13?,14-/m00/s1. The maximum Gasteiger partial charge on any atom is 0.132 e. The van der Waals surface area contributed by atoms with Crippen LogP contribution in [0.2, 0.25) is 0 Å². The number of aromatic nitrogens is 6. The van der Waals surface area contributed by atoms with Gasteiger partial charge in [0.2, 0.25) is 0 Å². The summed E-state index contributed by atoms with van der Waals surface area (Å²) in [5.74, 6) is -0.451. The SMILES string of the molecule is Cc1ccccc1-c1cn([C@@H]2C(O)[C@H](S)OC(CO)[C@@H]2O)nn1.OCC1O[C@@H](S)C(O)[C@@H](n2cc(-c3ccccc3F)nn2)[C@H]1O. The Morgan fingerprint density at radius 1 is 0.696 bits per heavy atom. The highest BCUT2D eigenvalue weighted by atomic mass is 32.1. The molecule has 2 aliphatic rings. The molecule has 0 amide bonds. The van der Waals surface area contributed by atoms with Gasteiger partial charge in [-0.3, -0.25) is 0 Å². The molecule has 2 aromatic heterocycles. The van der Waals surface area contributed by atoms with E-state index in [4.69, 9.17) is 9.47 Å². The van der Waals surface area contributed by atoms with Crippen LogP contribution in [0.4, 0.5) is 4.39 Å². The van der Waals surface area contributed by atoms with Crippen molar-refractivity contribution in [1.82, 2.24) is 30.0 Å². The van der Waals surface area contributed by atoms with Crippen molar-refractivity contribution in [1.29, 1.82) is 0 Å². The summed E-state index contributed by atoms with van der Waals surface area (Å²) in [4.78, 5) is 0. The number of hydrogen-bond acceptors (Lipinski definition) is 14. The molecule has 2 aliphatic heterocycles. The molecule has 4 aromatic rings. The zero-order chi connectivity index (χ0) is 33.1. The van der Waals surface area contributed by atoms with E-state index in [-0.39, 0.29) is 17.9 Å². The first-order valence-electron chi connectivity index (χ1n) is 14.3. The fourth-order valence-corrected chi connectivity index (χ4v) is 6.08. The summed E-state index contributed by atoms with van der Waals surface area (Å²) in [6, 6.07) is 12.1. The van der Waals surface area contributed by atoms with Crippen molar-refractivity contribution in [2.24, 2.45) is 0 Å². The lowest BCUT2D eigenvalue weighted by atomic mass is 9.97.